The Kier molecular flexibility index (Phi) is 1.63. The molecular formula is C9H9N3. The van der Waals surface area contributed by atoms with Gasteiger partial charge in [-0.15, -0.1) is 0 Å². The number of nitrogens with zero attached hydrogens (tertiary/aromatic N) is 2. The fourth-order valence-electron chi connectivity index (χ4n) is 1.15. The molecule has 12 heavy (non-hydrogen) atoms. The number of hydrogen-bond donors (Lipinski definition) is 1. The van der Waals surface area contributed by atoms with E-state index in [9.17, 15) is 0 Å². The average Bonchev–Trinajstić information content (AvgIpc) is 2.57. The predicted molar refractivity (Wildman–Crippen MR) is 46.6 cm³/mol. The summed E-state index contributed by atoms with van der Waals surface area (Å²) in [4.78, 5) is 11.2. The molecule has 3 heteroatoms. The van der Waals surface area contributed by atoms with E-state index in [0.717, 1.165) is 17.0 Å². The van der Waals surface area contributed by atoms with Crippen molar-refractivity contribution in [2.45, 2.75) is 6.92 Å². The van der Waals surface area contributed by atoms with Crippen LogP contribution in [0.5, 0.6) is 0 Å². The normalized spacial score (nSPS) is 10.1. The zero-order chi connectivity index (χ0) is 8.39. The Morgan fingerprint density at radius 1 is 1.42 bits per heavy atom. The molecule has 2 aromatic rings. The van der Waals surface area contributed by atoms with E-state index < -0.39 is 0 Å². The van der Waals surface area contributed by atoms with Crippen molar-refractivity contribution < 1.29 is 0 Å². The molecule has 0 radical (unpaired) electrons. The van der Waals surface area contributed by atoms with Crippen molar-refractivity contribution >= 4 is 0 Å². The molecular weight excluding hydrogens is 150 g/mol. The number of aromatic amines is 1. The summed E-state index contributed by atoms with van der Waals surface area (Å²) < 4.78 is 0. The minimum atomic E-state index is 0.966. The summed E-state index contributed by atoms with van der Waals surface area (Å²) in [7, 11) is 0. The molecule has 0 aromatic carbocycles. The molecule has 0 aliphatic carbocycles. The van der Waals surface area contributed by atoms with Crippen molar-refractivity contribution in [1.29, 1.82) is 0 Å². The fourth-order valence-corrected chi connectivity index (χ4v) is 1.15. The van der Waals surface area contributed by atoms with E-state index in [1.165, 1.54) is 0 Å². The van der Waals surface area contributed by atoms with Gasteiger partial charge < -0.3 is 4.98 Å². The van der Waals surface area contributed by atoms with Gasteiger partial charge in [0, 0.05) is 6.20 Å². The molecule has 0 bridgehead atoms. The average molecular weight is 159 g/mol. The molecule has 0 amide bonds. The van der Waals surface area contributed by atoms with Crippen molar-refractivity contribution in [2.75, 3.05) is 0 Å². The molecule has 0 spiro atoms. The first-order valence-electron chi connectivity index (χ1n) is 3.78. The summed E-state index contributed by atoms with van der Waals surface area (Å²) in [5, 5.41) is 0. The molecule has 1 N–H and O–H groups in total. The van der Waals surface area contributed by atoms with Crippen LogP contribution in [-0.4, -0.2) is 15.0 Å². The van der Waals surface area contributed by atoms with Gasteiger partial charge in [-0.1, -0.05) is 6.07 Å². The minimum absolute atomic E-state index is 0.966. The van der Waals surface area contributed by atoms with E-state index in [4.69, 9.17) is 0 Å². The van der Waals surface area contributed by atoms with Crippen LogP contribution in [0.1, 0.15) is 5.56 Å². The van der Waals surface area contributed by atoms with Crippen molar-refractivity contribution in [1.82, 2.24) is 15.0 Å². The van der Waals surface area contributed by atoms with Gasteiger partial charge >= 0.3 is 0 Å². The number of aryl methyl sites for hydroxylation is 1. The zero-order valence-electron chi connectivity index (χ0n) is 6.78. The van der Waals surface area contributed by atoms with Crippen molar-refractivity contribution in [3.05, 3.63) is 36.4 Å². The van der Waals surface area contributed by atoms with Gasteiger partial charge in [-0.25, -0.2) is 4.98 Å². The number of aromatic nitrogens is 3. The molecule has 2 aromatic heterocycles. The standard InChI is InChI=1S/C9H9N3/c1-7-3-2-4-11-9(7)8-5-10-6-12-8/h2-6H,1H3,(H,10,12). The third-order valence-electron chi connectivity index (χ3n) is 1.76. The first-order valence-corrected chi connectivity index (χ1v) is 3.78. The van der Waals surface area contributed by atoms with Crippen molar-refractivity contribution in [3.8, 4) is 11.4 Å². The number of hydrogen-bond acceptors (Lipinski definition) is 2. The van der Waals surface area contributed by atoms with E-state index in [-0.39, 0.29) is 0 Å². The summed E-state index contributed by atoms with van der Waals surface area (Å²) in [5.41, 5.74) is 3.09. The Hall–Kier alpha value is -1.64. The summed E-state index contributed by atoms with van der Waals surface area (Å²) >= 11 is 0. The number of rotatable bonds is 1. The topological polar surface area (TPSA) is 41.6 Å². The lowest BCUT2D eigenvalue weighted by molar-refractivity contribution is 1.23. The second kappa shape index (κ2) is 2.77. The van der Waals surface area contributed by atoms with E-state index in [2.05, 4.69) is 15.0 Å². The Bertz CT molecular complexity index is 365. The van der Waals surface area contributed by atoms with Crippen LogP contribution in [-0.2, 0) is 0 Å². The smallest absolute Gasteiger partial charge is 0.0924 e. The summed E-state index contributed by atoms with van der Waals surface area (Å²) in [6, 6.07) is 3.96. The lowest BCUT2D eigenvalue weighted by Gasteiger charge is -1.99. The molecule has 2 rings (SSSR count). The Balaban J connectivity index is 2.55. The maximum Gasteiger partial charge on any atom is 0.0924 e. The first-order chi connectivity index (χ1) is 5.88. The Morgan fingerprint density at radius 3 is 3.00 bits per heavy atom. The second-order valence-electron chi connectivity index (χ2n) is 2.63. The molecule has 0 aliphatic heterocycles. The second-order valence-corrected chi connectivity index (χ2v) is 2.63. The molecule has 0 aliphatic rings. The van der Waals surface area contributed by atoms with Gasteiger partial charge in [0.15, 0.2) is 0 Å². The predicted octanol–water partition coefficient (Wildman–Crippen LogP) is 1.78. The van der Waals surface area contributed by atoms with Crippen LogP contribution in [0.3, 0.4) is 0 Å². The summed E-state index contributed by atoms with van der Waals surface area (Å²) in [5.74, 6) is 0. The van der Waals surface area contributed by atoms with Crippen molar-refractivity contribution in [2.24, 2.45) is 0 Å². The lowest BCUT2D eigenvalue weighted by atomic mass is 10.2. The van der Waals surface area contributed by atoms with Crippen LogP contribution >= 0.6 is 0 Å². The van der Waals surface area contributed by atoms with Crippen LogP contribution in [0.15, 0.2) is 30.9 Å². The van der Waals surface area contributed by atoms with Crippen LogP contribution < -0.4 is 0 Å². The summed E-state index contributed by atoms with van der Waals surface area (Å²) in [6.07, 6.45) is 5.21. The molecule has 3 nitrogen and oxygen atoms in total. The monoisotopic (exact) mass is 159 g/mol. The van der Waals surface area contributed by atoms with Gasteiger partial charge in [0.1, 0.15) is 0 Å². The highest BCUT2D eigenvalue weighted by Crippen LogP contribution is 2.16. The fraction of sp³-hybridized carbons (Fsp3) is 0.111. The number of H-pyrrole nitrogens is 1. The van der Waals surface area contributed by atoms with Crippen LogP contribution in [0.4, 0.5) is 0 Å². The zero-order valence-corrected chi connectivity index (χ0v) is 6.78. The number of nitrogens with one attached hydrogen (secondary N) is 1. The maximum atomic E-state index is 4.25. The molecule has 0 saturated carbocycles. The largest absolute Gasteiger partial charge is 0.343 e. The third kappa shape index (κ3) is 1.09. The van der Waals surface area contributed by atoms with Gasteiger partial charge in [-0.2, -0.15) is 0 Å². The first kappa shape index (κ1) is 7.03. The Morgan fingerprint density at radius 2 is 2.33 bits per heavy atom. The quantitative estimate of drug-likeness (QED) is 0.689. The van der Waals surface area contributed by atoms with E-state index >= 15 is 0 Å². The number of pyridine rings is 1. The molecule has 0 unspecified atom stereocenters. The number of imidazole rings is 1. The van der Waals surface area contributed by atoms with Crippen LogP contribution in [0.2, 0.25) is 0 Å². The molecule has 0 saturated heterocycles. The van der Waals surface area contributed by atoms with Gasteiger partial charge in [0.2, 0.25) is 0 Å². The Labute approximate surface area is 70.5 Å². The highest BCUT2D eigenvalue weighted by Gasteiger charge is 2.01. The van der Waals surface area contributed by atoms with E-state index in [0.29, 0.717) is 0 Å². The molecule has 2 heterocycles. The highest BCUT2D eigenvalue weighted by molar-refractivity contribution is 5.56. The maximum absolute atomic E-state index is 4.25. The highest BCUT2D eigenvalue weighted by atomic mass is 14.9. The van der Waals surface area contributed by atoms with Gasteiger partial charge in [-0.05, 0) is 18.6 Å². The third-order valence-corrected chi connectivity index (χ3v) is 1.76. The van der Waals surface area contributed by atoms with E-state index in [1.54, 1.807) is 18.7 Å². The molecule has 0 atom stereocenters. The minimum Gasteiger partial charge on any atom is -0.343 e. The van der Waals surface area contributed by atoms with Gasteiger partial charge in [0.05, 0.1) is 23.9 Å². The van der Waals surface area contributed by atoms with E-state index in [1.807, 2.05) is 19.1 Å². The SMILES string of the molecule is Cc1cccnc1-c1cnc[nH]1. The van der Waals surface area contributed by atoms with Gasteiger partial charge in [0.25, 0.3) is 0 Å². The lowest BCUT2D eigenvalue weighted by Crippen LogP contribution is -1.86. The van der Waals surface area contributed by atoms with Gasteiger partial charge in [-0.3, -0.25) is 4.98 Å². The summed E-state index contributed by atoms with van der Waals surface area (Å²) in [6.45, 7) is 2.03. The molecule has 0 fully saturated rings. The van der Waals surface area contributed by atoms with Crippen LogP contribution in [0.25, 0.3) is 11.4 Å². The van der Waals surface area contributed by atoms with Crippen LogP contribution in [0, 0.1) is 6.92 Å². The molecule has 60 valence electrons. The van der Waals surface area contributed by atoms with Crippen molar-refractivity contribution in [3.63, 3.8) is 0 Å².